The maximum absolute atomic E-state index is 11.2. The Balaban J connectivity index is 2.44. The lowest BCUT2D eigenvalue weighted by atomic mass is 9.78. The molecule has 0 fully saturated rings. The van der Waals surface area contributed by atoms with Gasteiger partial charge in [-0.2, -0.15) is 0 Å². The van der Waals surface area contributed by atoms with E-state index in [9.17, 15) is 14.6 Å². The van der Waals surface area contributed by atoms with Gasteiger partial charge in [0.1, 0.15) is 10.7 Å². The van der Waals surface area contributed by atoms with Crippen molar-refractivity contribution >= 4 is 52.7 Å². The minimum Gasteiger partial charge on any atom is -0.480 e. The highest BCUT2D eigenvalue weighted by Crippen LogP contribution is 2.32. The topological polar surface area (TPSA) is 99.1 Å². The summed E-state index contributed by atoms with van der Waals surface area (Å²) < 4.78 is 4.97. The summed E-state index contributed by atoms with van der Waals surface area (Å²) in [4.78, 5) is 22.1. The molecule has 20 heavy (non-hydrogen) atoms. The molecular weight excluding hydrogens is 378 g/mol. The quantitative estimate of drug-likeness (QED) is 0.285. The molecule has 2 rings (SSSR count). The number of fused-ring (bicyclic) bond motifs is 1. The van der Waals surface area contributed by atoms with Crippen LogP contribution in [0.3, 0.4) is 0 Å². The summed E-state index contributed by atoms with van der Waals surface area (Å²) in [5.74, 6) is -1.50. The molecule has 1 heterocycles. The van der Waals surface area contributed by atoms with Gasteiger partial charge in [-0.15, -0.1) is 0 Å². The summed E-state index contributed by atoms with van der Waals surface area (Å²) in [7, 11) is -1.15. The standard InChI is InChI=1S/C11H12BIN2O5/c1-6(16)14-15(5-9(17)18)8-4-2-3-7-10(8)12(19)20-11(7)13/h2-4,11,19H,5H2,1H3,(H,14,16)(H,17,18). The van der Waals surface area contributed by atoms with Gasteiger partial charge in [0.15, 0.2) is 0 Å². The first-order valence-electron chi connectivity index (χ1n) is 5.77. The molecule has 0 radical (unpaired) electrons. The number of hydrogen-bond donors (Lipinski definition) is 3. The van der Waals surface area contributed by atoms with E-state index in [0.29, 0.717) is 11.2 Å². The third-order valence-electron chi connectivity index (χ3n) is 2.73. The van der Waals surface area contributed by atoms with Crippen LogP contribution in [0.15, 0.2) is 18.2 Å². The van der Waals surface area contributed by atoms with E-state index in [1.54, 1.807) is 18.2 Å². The van der Waals surface area contributed by atoms with Crippen molar-refractivity contribution in [1.29, 1.82) is 0 Å². The van der Waals surface area contributed by atoms with Crippen molar-refractivity contribution in [3.63, 3.8) is 0 Å². The molecular formula is C11H12BIN2O5. The van der Waals surface area contributed by atoms with Gasteiger partial charge in [-0.05, 0) is 34.2 Å². The number of hydrazine groups is 1. The summed E-state index contributed by atoms with van der Waals surface area (Å²) in [5.41, 5.74) is 4.08. The second-order valence-electron chi connectivity index (χ2n) is 4.23. The van der Waals surface area contributed by atoms with Crippen LogP contribution in [-0.4, -0.2) is 35.7 Å². The molecule has 1 aliphatic heterocycles. The van der Waals surface area contributed by atoms with E-state index >= 15 is 0 Å². The van der Waals surface area contributed by atoms with Crippen LogP contribution < -0.4 is 15.9 Å². The summed E-state index contributed by atoms with van der Waals surface area (Å²) in [6.45, 7) is 0.862. The first kappa shape index (κ1) is 15.1. The van der Waals surface area contributed by atoms with Gasteiger partial charge in [0.05, 0.1) is 5.69 Å². The zero-order valence-corrected chi connectivity index (χ0v) is 12.7. The average Bonchev–Trinajstić information content (AvgIpc) is 2.63. The molecule has 1 aromatic carbocycles. The van der Waals surface area contributed by atoms with E-state index in [-0.39, 0.29) is 4.11 Å². The maximum atomic E-state index is 11.2. The van der Waals surface area contributed by atoms with Crippen molar-refractivity contribution in [2.24, 2.45) is 0 Å². The Bertz CT molecular complexity index is 540. The van der Waals surface area contributed by atoms with Crippen molar-refractivity contribution in [2.75, 3.05) is 11.6 Å². The Morgan fingerprint density at radius 3 is 2.85 bits per heavy atom. The molecule has 0 aromatic heterocycles. The number of anilines is 1. The van der Waals surface area contributed by atoms with Gasteiger partial charge in [-0.1, -0.05) is 12.1 Å². The Labute approximate surface area is 129 Å². The lowest BCUT2D eigenvalue weighted by Crippen LogP contribution is -2.48. The predicted molar refractivity (Wildman–Crippen MR) is 80.7 cm³/mol. The fraction of sp³-hybridized carbons (Fsp3) is 0.273. The number of carboxylic acid groups (broad SMARTS) is 1. The number of carbonyl (C=O) groups excluding carboxylic acids is 1. The maximum Gasteiger partial charge on any atom is 0.494 e. The zero-order chi connectivity index (χ0) is 14.9. The number of aliphatic carboxylic acids is 1. The lowest BCUT2D eigenvalue weighted by molar-refractivity contribution is -0.135. The Hall–Kier alpha value is -1.33. The number of nitrogens with zero attached hydrogens (tertiary/aromatic N) is 1. The average molecular weight is 390 g/mol. The van der Waals surface area contributed by atoms with E-state index in [0.717, 1.165) is 5.56 Å². The van der Waals surface area contributed by atoms with Crippen molar-refractivity contribution in [3.05, 3.63) is 23.8 Å². The van der Waals surface area contributed by atoms with E-state index < -0.39 is 25.5 Å². The molecule has 3 N–H and O–H groups in total. The highest BCUT2D eigenvalue weighted by atomic mass is 127. The number of hydrogen-bond acceptors (Lipinski definition) is 5. The van der Waals surface area contributed by atoms with Gasteiger partial charge in [-0.3, -0.25) is 20.0 Å². The fourth-order valence-corrected chi connectivity index (χ4v) is 2.86. The fourth-order valence-electron chi connectivity index (χ4n) is 2.04. The molecule has 0 bridgehead atoms. The van der Waals surface area contributed by atoms with Crippen molar-refractivity contribution in [2.45, 2.75) is 11.0 Å². The molecule has 106 valence electrons. The number of carbonyl (C=O) groups is 2. The van der Waals surface area contributed by atoms with Crippen molar-refractivity contribution in [1.82, 2.24) is 5.43 Å². The molecule has 0 saturated heterocycles. The van der Waals surface area contributed by atoms with Gasteiger partial charge in [0.2, 0.25) is 5.91 Å². The van der Waals surface area contributed by atoms with Crippen molar-refractivity contribution in [3.8, 4) is 0 Å². The third kappa shape index (κ3) is 3.05. The van der Waals surface area contributed by atoms with Crippen LogP contribution in [0.1, 0.15) is 16.6 Å². The summed E-state index contributed by atoms with van der Waals surface area (Å²) >= 11 is 2.03. The number of halogens is 1. The number of rotatable bonds is 4. The molecule has 1 aromatic rings. The second-order valence-corrected chi connectivity index (χ2v) is 5.36. The van der Waals surface area contributed by atoms with Gasteiger partial charge >= 0.3 is 13.1 Å². The summed E-state index contributed by atoms with van der Waals surface area (Å²) in [5, 5.41) is 20.1. The minimum absolute atomic E-state index is 0.318. The highest BCUT2D eigenvalue weighted by molar-refractivity contribution is 14.1. The SMILES string of the molecule is CC(=O)NN(CC(=O)O)c1cccc2c1B(O)OC2I. The monoisotopic (exact) mass is 390 g/mol. The molecule has 7 nitrogen and oxygen atoms in total. The molecule has 0 saturated carbocycles. The van der Waals surface area contributed by atoms with Crippen LogP contribution in [0.4, 0.5) is 5.69 Å². The van der Waals surface area contributed by atoms with Crippen LogP contribution >= 0.6 is 22.6 Å². The number of alkyl halides is 1. The lowest BCUT2D eigenvalue weighted by Gasteiger charge is -2.25. The van der Waals surface area contributed by atoms with Crippen LogP contribution in [0.2, 0.25) is 0 Å². The minimum atomic E-state index is -1.15. The first-order valence-corrected chi connectivity index (χ1v) is 7.01. The van der Waals surface area contributed by atoms with Crippen LogP contribution in [0, 0.1) is 0 Å². The summed E-state index contributed by atoms with van der Waals surface area (Å²) in [6.07, 6.45) is 0. The number of nitrogens with one attached hydrogen (secondary N) is 1. The van der Waals surface area contributed by atoms with Gasteiger partial charge in [-0.25, -0.2) is 0 Å². The van der Waals surface area contributed by atoms with E-state index in [4.69, 9.17) is 9.76 Å². The molecule has 0 spiro atoms. The number of amides is 1. The van der Waals surface area contributed by atoms with Gasteiger partial charge in [0, 0.05) is 12.4 Å². The van der Waals surface area contributed by atoms with E-state index in [1.165, 1.54) is 11.9 Å². The van der Waals surface area contributed by atoms with Crippen LogP contribution in [0.25, 0.3) is 0 Å². The van der Waals surface area contributed by atoms with E-state index in [2.05, 4.69) is 5.43 Å². The first-order chi connectivity index (χ1) is 9.40. The molecule has 9 heteroatoms. The zero-order valence-electron chi connectivity index (χ0n) is 10.5. The Kier molecular flexibility index (Phi) is 4.50. The van der Waals surface area contributed by atoms with Crippen molar-refractivity contribution < 1.29 is 24.4 Å². The molecule has 0 aliphatic carbocycles. The molecule has 1 aliphatic rings. The second kappa shape index (κ2) is 5.98. The van der Waals surface area contributed by atoms with Gasteiger partial charge in [0.25, 0.3) is 0 Å². The third-order valence-corrected chi connectivity index (χ3v) is 3.70. The smallest absolute Gasteiger partial charge is 0.480 e. The highest BCUT2D eigenvalue weighted by Gasteiger charge is 2.37. The largest absolute Gasteiger partial charge is 0.494 e. The van der Waals surface area contributed by atoms with Crippen LogP contribution in [-0.2, 0) is 14.2 Å². The van der Waals surface area contributed by atoms with E-state index in [1.807, 2.05) is 22.6 Å². The predicted octanol–water partition coefficient (Wildman–Crippen LogP) is -0.220. The molecule has 1 amide bonds. The number of carboxylic acids is 1. The summed E-state index contributed by atoms with van der Waals surface area (Å²) in [6, 6.07) is 5.13. The van der Waals surface area contributed by atoms with Crippen LogP contribution in [0.5, 0.6) is 0 Å². The van der Waals surface area contributed by atoms with Gasteiger partial charge < -0.3 is 14.8 Å². The molecule has 1 unspecified atom stereocenters. The molecule has 1 atom stereocenters. The normalized spacial score (nSPS) is 16.8. The Morgan fingerprint density at radius 1 is 1.55 bits per heavy atom. The Morgan fingerprint density at radius 2 is 2.25 bits per heavy atom. The number of benzene rings is 1.